The summed E-state index contributed by atoms with van der Waals surface area (Å²) in [4.78, 5) is 30.0. The molecule has 138 valence electrons. The van der Waals surface area contributed by atoms with Crippen LogP contribution in [0.25, 0.3) is 0 Å². The number of carbonyl (C=O) groups excluding carboxylic acids is 2. The summed E-state index contributed by atoms with van der Waals surface area (Å²) in [5.41, 5.74) is 5.31. The molecule has 2 rings (SSSR count). The van der Waals surface area contributed by atoms with Crippen LogP contribution in [-0.4, -0.2) is 46.9 Å². The second kappa shape index (κ2) is 7.70. The quantitative estimate of drug-likeness (QED) is 0.783. The van der Waals surface area contributed by atoms with Gasteiger partial charge in [0.25, 0.3) is 11.8 Å². The highest BCUT2D eigenvalue weighted by Crippen LogP contribution is 2.27. The van der Waals surface area contributed by atoms with Crippen LogP contribution in [0.3, 0.4) is 0 Å². The van der Waals surface area contributed by atoms with Crippen LogP contribution < -0.4 is 11.1 Å². The molecule has 0 saturated carbocycles. The molecule has 7 heteroatoms. The number of nitrogens with two attached hydrogens (primary N) is 1. The molecule has 0 unspecified atom stereocenters. The Morgan fingerprint density at radius 1 is 1.32 bits per heavy atom. The summed E-state index contributed by atoms with van der Waals surface area (Å²) in [6, 6.07) is 2.88. The van der Waals surface area contributed by atoms with Gasteiger partial charge in [-0.25, -0.2) is 4.98 Å². The second-order valence-electron chi connectivity index (χ2n) is 7.75. The molecule has 25 heavy (non-hydrogen) atoms. The predicted molar refractivity (Wildman–Crippen MR) is 98.7 cm³/mol. The number of amides is 2. The monoisotopic (exact) mass is 366 g/mol. The summed E-state index contributed by atoms with van der Waals surface area (Å²) in [6.07, 6.45) is 1.24. The SMILES string of the molecule is C[C@H]1C[C@H](C)CN(C(C)(C)CNC(=O)c2ccc(C(N)=O)c(Cl)n2)C1. The highest BCUT2D eigenvalue weighted by Gasteiger charge is 2.33. The number of likely N-dealkylation sites (tertiary alicyclic amines) is 1. The fourth-order valence-electron chi connectivity index (χ4n) is 3.40. The molecule has 0 bridgehead atoms. The molecule has 6 nitrogen and oxygen atoms in total. The van der Waals surface area contributed by atoms with Gasteiger partial charge >= 0.3 is 0 Å². The average Bonchev–Trinajstić information content (AvgIpc) is 2.51. The van der Waals surface area contributed by atoms with E-state index in [1.807, 2.05) is 0 Å². The van der Waals surface area contributed by atoms with Crippen molar-refractivity contribution >= 4 is 23.4 Å². The van der Waals surface area contributed by atoms with E-state index in [0.29, 0.717) is 18.4 Å². The van der Waals surface area contributed by atoms with Crippen LogP contribution in [0, 0.1) is 11.8 Å². The minimum Gasteiger partial charge on any atom is -0.366 e. The number of piperidine rings is 1. The predicted octanol–water partition coefficient (Wildman–Crippen LogP) is 2.32. The van der Waals surface area contributed by atoms with Gasteiger partial charge in [0.1, 0.15) is 10.8 Å². The minimum absolute atomic E-state index is 0.0573. The van der Waals surface area contributed by atoms with Gasteiger partial charge < -0.3 is 11.1 Å². The molecule has 1 aliphatic rings. The molecule has 1 aromatic heterocycles. The normalized spacial score (nSPS) is 21.8. The van der Waals surface area contributed by atoms with Crippen LogP contribution in [0.1, 0.15) is 55.0 Å². The maximum Gasteiger partial charge on any atom is 0.270 e. The third-order valence-electron chi connectivity index (χ3n) is 4.75. The molecule has 0 spiro atoms. The van der Waals surface area contributed by atoms with Gasteiger partial charge in [-0.05, 0) is 44.2 Å². The number of rotatable bonds is 5. The largest absolute Gasteiger partial charge is 0.366 e. The summed E-state index contributed by atoms with van der Waals surface area (Å²) in [6.45, 7) is 11.4. The van der Waals surface area contributed by atoms with E-state index in [9.17, 15) is 9.59 Å². The first-order valence-electron chi connectivity index (χ1n) is 8.59. The molecular weight excluding hydrogens is 340 g/mol. The number of aromatic nitrogens is 1. The van der Waals surface area contributed by atoms with Crippen molar-refractivity contribution in [3.8, 4) is 0 Å². The van der Waals surface area contributed by atoms with E-state index in [-0.39, 0.29) is 27.9 Å². The first kappa shape index (κ1) is 19.7. The zero-order valence-electron chi connectivity index (χ0n) is 15.3. The Morgan fingerprint density at radius 3 is 2.44 bits per heavy atom. The first-order valence-corrected chi connectivity index (χ1v) is 8.97. The summed E-state index contributed by atoms with van der Waals surface area (Å²) in [5, 5.41) is 2.87. The maximum atomic E-state index is 12.4. The van der Waals surface area contributed by atoms with Crippen LogP contribution in [0.4, 0.5) is 0 Å². The number of nitrogens with zero attached hydrogens (tertiary/aromatic N) is 2. The van der Waals surface area contributed by atoms with Crippen LogP contribution in [-0.2, 0) is 0 Å². The number of halogens is 1. The number of primary amides is 1. The van der Waals surface area contributed by atoms with Gasteiger partial charge in [-0.1, -0.05) is 25.4 Å². The molecule has 1 aliphatic heterocycles. The van der Waals surface area contributed by atoms with Crippen LogP contribution >= 0.6 is 11.6 Å². The molecule has 1 aromatic rings. The number of hydrogen-bond acceptors (Lipinski definition) is 4. The molecule has 0 aromatic carbocycles. The Hall–Kier alpha value is -1.66. The Labute approximate surface area is 154 Å². The topological polar surface area (TPSA) is 88.3 Å². The summed E-state index contributed by atoms with van der Waals surface area (Å²) < 4.78 is 0. The highest BCUT2D eigenvalue weighted by molar-refractivity contribution is 6.32. The van der Waals surface area contributed by atoms with Crippen molar-refractivity contribution in [1.82, 2.24) is 15.2 Å². The van der Waals surface area contributed by atoms with Crippen molar-refractivity contribution in [3.63, 3.8) is 0 Å². The molecule has 2 atom stereocenters. The number of carbonyl (C=O) groups is 2. The molecule has 2 amide bonds. The Kier molecular flexibility index (Phi) is 6.06. The fraction of sp³-hybridized carbons (Fsp3) is 0.611. The van der Waals surface area contributed by atoms with E-state index < -0.39 is 5.91 Å². The number of hydrogen-bond donors (Lipinski definition) is 2. The molecule has 2 heterocycles. The minimum atomic E-state index is -0.668. The van der Waals surface area contributed by atoms with Gasteiger partial charge in [-0.3, -0.25) is 14.5 Å². The molecule has 0 radical (unpaired) electrons. The summed E-state index contributed by atoms with van der Waals surface area (Å²) in [7, 11) is 0. The lowest BCUT2D eigenvalue weighted by Crippen LogP contribution is -2.56. The van der Waals surface area contributed by atoms with Gasteiger partial charge in [0.15, 0.2) is 0 Å². The molecule has 3 N–H and O–H groups in total. The van der Waals surface area contributed by atoms with E-state index in [4.69, 9.17) is 17.3 Å². The van der Waals surface area contributed by atoms with Crippen molar-refractivity contribution in [3.05, 3.63) is 28.5 Å². The molecular formula is C18H27ClN4O2. The van der Waals surface area contributed by atoms with Crippen molar-refractivity contribution < 1.29 is 9.59 Å². The van der Waals surface area contributed by atoms with Crippen molar-refractivity contribution in [2.75, 3.05) is 19.6 Å². The Balaban J connectivity index is 2.01. The summed E-state index contributed by atoms with van der Waals surface area (Å²) >= 11 is 5.91. The van der Waals surface area contributed by atoms with Crippen LogP contribution in [0.5, 0.6) is 0 Å². The van der Waals surface area contributed by atoms with Gasteiger partial charge in [-0.2, -0.15) is 0 Å². The number of nitrogens with one attached hydrogen (secondary N) is 1. The van der Waals surface area contributed by atoms with Gasteiger partial charge in [0, 0.05) is 25.2 Å². The van der Waals surface area contributed by atoms with Gasteiger partial charge in [0.05, 0.1) is 5.56 Å². The molecule has 1 saturated heterocycles. The summed E-state index contributed by atoms with van der Waals surface area (Å²) in [5.74, 6) is 0.323. The van der Waals surface area contributed by atoms with Crippen molar-refractivity contribution in [1.29, 1.82) is 0 Å². The lowest BCUT2D eigenvalue weighted by molar-refractivity contribution is 0.0444. The standard InChI is InChI=1S/C18H27ClN4O2/c1-11-7-12(2)9-23(8-11)18(3,4)10-21-17(25)14-6-5-13(16(20)24)15(19)22-14/h5-6,11-12H,7-10H2,1-4H3,(H2,20,24)(H,21,25)/t11-,12-/m0/s1. The van der Waals surface area contributed by atoms with Crippen LogP contribution in [0.15, 0.2) is 12.1 Å². The van der Waals surface area contributed by atoms with Crippen molar-refractivity contribution in [2.24, 2.45) is 17.6 Å². The number of pyridine rings is 1. The van der Waals surface area contributed by atoms with Crippen molar-refractivity contribution in [2.45, 2.75) is 39.7 Å². The Morgan fingerprint density at radius 2 is 1.92 bits per heavy atom. The first-order chi connectivity index (χ1) is 11.6. The van der Waals surface area contributed by atoms with Gasteiger partial charge in [0.2, 0.25) is 0 Å². The fourth-order valence-corrected chi connectivity index (χ4v) is 3.65. The zero-order chi connectivity index (χ0) is 18.8. The third kappa shape index (κ3) is 4.92. The molecule has 0 aliphatic carbocycles. The zero-order valence-corrected chi connectivity index (χ0v) is 16.1. The molecule has 1 fully saturated rings. The lowest BCUT2D eigenvalue weighted by Gasteiger charge is -2.45. The van der Waals surface area contributed by atoms with Crippen LogP contribution in [0.2, 0.25) is 5.15 Å². The average molecular weight is 367 g/mol. The lowest BCUT2D eigenvalue weighted by atomic mass is 9.88. The van der Waals surface area contributed by atoms with E-state index in [0.717, 1.165) is 13.1 Å². The van der Waals surface area contributed by atoms with Gasteiger partial charge in [-0.15, -0.1) is 0 Å². The Bertz CT molecular complexity index is 652. The van der Waals surface area contributed by atoms with E-state index in [1.54, 1.807) is 0 Å². The van der Waals surface area contributed by atoms with E-state index in [2.05, 4.69) is 42.9 Å². The highest BCUT2D eigenvalue weighted by atomic mass is 35.5. The van der Waals surface area contributed by atoms with E-state index >= 15 is 0 Å². The maximum absolute atomic E-state index is 12.4. The third-order valence-corrected chi connectivity index (χ3v) is 5.04. The second-order valence-corrected chi connectivity index (χ2v) is 8.10. The van der Waals surface area contributed by atoms with E-state index in [1.165, 1.54) is 18.6 Å². The smallest absolute Gasteiger partial charge is 0.270 e.